The highest BCUT2D eigenvalue weighted by Crippen LogP contribution is 2.24. The molecule has 2 amide bonds. The van der Waals surface area contributed by atoms with Crippen LogP contribution in [0.15, 0.2) is 78.9 Å². The first kappa shape index (κ1) is 30.7. The minimum absolute atomic E-state index is 0.0901. The van der Waals surface area contributed by atoms with Gasteiger partial charge in [-0.2, -0.15) is 0 Å². The summed E-state index contributed by atoms with van der Waals surface area (Å²) in [5.41, 5.74) is 2.77. The van der Waals surface area contributed by atoms with Crippen molar-refractivity contribution in [3.8, 4) is 5.75 Å². The largest absolute Gasteiger partial charge is 0.497 e. The molecule has 0 radical (unpaired) electrons. The molecule has 0 aliphatic carbocycles. The van der Waals surface area contributed by atoms with Crippen molar-refractivity contribution in [2.75, 3.05) is 24.2 Å². The second kappa shape index (κ2) is 14.0. The molecular formula is C31H39N3O5S. The molecule has 0 saturated heterocycles. The molecule has 0 saturated carbocycles. The van der Waals surface area contributed by atoms with E-state index in [1.807, 2.05) is 68.4 Å². The van der Waals surface area contributed by atoms with E-state index in [9.17, 15) is 18.0 Å². The molecular weight excluding hydrogens is 526 g/mol. The summed E-state index contributed by atoms with van der Waals surface area (Å²) in [6, 6.07) is 22.8. The molecule has 9 heteroatoms. The van der Waals surface area contributed by atoms with E-state index in [4.69, 9.17) is 4.74 Å². The molecule has 214 valence electrons. The number of carbonyl (C=O) groups excluding carboxylic acids is 2. The van der Waals surface area contributed by atoms with E-state index in [1.165, 1.54) is 4.90 Å². The van der Waals surface area contributed by atoms with Crippen LogP contribution in [-0.2, 0) is 32.6 Å². The zero-order valence-electron chi connectivity index (χ0n) is 23.8. The van der Waals surface area contributed by atoms with E-state index >= 15 is 0 Å². The lowest BCUT2D eigenvalue weighted by Crippen LogP contribution is -2.54. The first-order valence-corrected chi connectivity index (χ1v) is 15.2. The number of hydrogen-bond acceptors (Lipinski definition) is 5. The summed E-state index contributed by atoms with van der Waals surface area (Å²) in [4.78, 5) is 29.3. The van der Waals surface area contributed by atoms with E-state index in [1.54, 1.807) is 38.3 Å². The number of rotatable bonds is 13. The Balaban J connectivity index is 2.08. The molecule has 1 N–H and O–H groups in total. The van der Waals surface area contributed by atoms with E-state index in [-0.39, 0.29) is 24.9 Å². The number of sulfonamides is 1. The molecule has 0 heterocycles. The smallest absolute Gasteiger partial charge is 0.244 e. The van der Waals surface area contributed by atoms with Crippen molar-refractivity contribution in [3.05, 3.63) is 95.6 Å². The van der Waals surface area contributed by atoms with Crippen LogP contribution in [0.1, 0.15) is 37.0 Å². The van der Waals surface area contributed by atoms with Gasteiger partial charge in [0.15, 0.2) is 0 Å². The molecule has 2 atom stereocenters. The Labute approximate surface area is 238 Å². The highest BCUT2D eigenvalue weighted by molar-refractivity contribution is 7.92. The number of methoxy groups -OCH3 is 1. The van der Waals surface area contributed by atoms with Crippen molar-refractivity contribution >= 4 is 27.5 Å². The standard InChI is InChI=1S/C31H39N3O5S/c1-6-24(3)32-31(36)29(20-25-14-8-7-9-15-25)33(21-26-16-12-17-27(19-26)39-4)30(35)22-34(40(5,37)38)28-18-11-10-13-23(28)2/h7-19,24,29H,6,20-22H2,1-5H3,(H,32,36)/t24-,29+/m0/s1. The fourth-order valence-electron chi connectivity index (χ4n) is 4.40. The number of nitrogens with zero attached hydrogens (tertiary/aromatic N) is 2. The third-order valence-electron chi connectivity index (χ3n) is 6.82. The lowest BCUT2D eigenvalue weighted by Gasteiger charge is -2.34. The second-order valence-corrected chi connectivity index (χ2v) is 11.9. The SMILES string of the molecule is CC[C@H](C)NC(=O)[C@@H](Cc1ccccc1)N(Cc1cccc(OC)c1)C(=O)CN(c1ccccc1C)S(C)(=O)=O. The Bertz CT molecular complexity index is 1390. The van der Waals surface area contributed by atoms with Crippen molar-refractivity contribution in [1.82, 2.24) is 10.2 Å². The van der Waals surface area contributed by atoms with Crippen molar-refractivity contribution in [2.45, 2.75) is 52.2 Å². The van der Waals surface area contributed by atoms with Crippen LogP contribution in [0, 0.1) is 6.92 Å². The van der Waals surface area contributed by atoms with Gasteiger partial charge < -0.3 is 15.0 Å². The molecule has 3 rings (SSSR count). The number of para-hydroxylation sites is 1. The molecule has 3 aromatic rings. The molecule has 0 aromatic heterocycles. The maximum absolute atomic E-state index is 14.1. The van der Waals surface area contributed by atoms with E-state index in [0.717, 1.165) is 33.7 Å². The van der Waals surface area contributed by atoms with Crippen LogP contribution in [0.4, 0.5) is 5.69 Å². The topological polar surface area (TPSA) is 96.0 Å². The predicted octanol–water partition coefficient (Wildman–Crippen LogP) is 4.32. The Morgan fingerprint density at radius 1 is 0.950 bits per heavy atom. The monoisotopic (exact) mass is 565 g/mol. The van der Waals surface area contributed by atoms with Gasteiger partial charge in [0.05, 0.1) is 19.1 Å². The number of anilines is 1. The minimum Gasteiger partial charge on any atom is -0.497 e. The molecule has 40 heavy (non-hydrogen) atoms. The van der Waals surface area contributed by atoms with Gasteiger partial charge in [-0.25, -0.2) is 8.42 Å². The van der Waals surface area contributed by atoms with Gasteiger partial charge in [0.1, 0.15) is 18.3 Å². The van der Waals surface area contributed by atoms with Gasteiger partial charge in [-0.15, -0.1) is 0 Å². The molecule has 0 aliphatic rings. The van der Waals surface area contributed by atoms with Crippen molar-refractivity contribution in [1.29, 1.82) is 0 Å². The van der Waals surface area contributed by atoms with Crippen LogP contribution in [0.5, 0.6) is 5.75 Å². The average Bonchev–Trinajstić information content (AvgIpc) is 2.93. The van der Waals surface area contributed by atoms with Gasteiger partial charge in [0.25, 0.3) is 0 Å². The van der Waals surface area contributed by atoms with Crippen LogP contribution in [0.3, 0.4) is 0 Å². The summed E-state index contributed by atoms with van der Waals surface area (Å²) in [5.74, 6) is -0.167. The van der Waals surface area contributed by atoms with Crippen LogP contribution < -0.4 is 14.4 Å². The van der Waals surface area contributed by atoms with E-state index in [2.05, 4.69) is 5.32 Å². The lowest BCUT2D eigenvalue weighted by molar-refractivity contribution is -0.140. The van der Waals surface area contributed by atoms with Gasteiger partial charge in [-0.3, -0.25) is 13.9 Å². The maximum atomic E-state index is 14.1. The van der Waals surface area contributed by atoms with Gasteiger partial charge >= 0.3 is 0 Å². The van der Waals surface area contributed by atoms with Gasteiger partial charge in [0, 0.05) is 19.0 Å². The third kappa shape index (κ3) is 8.32. The van der Waals surface area contributed by atoms with E-state index < -0.39 is 28.5 Å². The zero-order chi connectivity index (χ0) is 29.3. The van der Waals surface area contributed by atoms with Crippen LogP contribution in [0.2, 0.25) is 0 Å². The van der Waals surface area contributed by atoms with Gasteiger partial charge in [0.2, 0.25) is 21.8 Å². The molecule has 8 nitrogen and oxygen atoms in total. The number of amides is 2. The predicted molar refractivity (Wildman–Crippen MR) is 159 cm³/mol. The van der Waals surface area contributed by atoms with Gasteiger partial charge in [-0.1, -0.05) is 67.6 Å². The molecule has 0 fully saturated rings. The highest BCUT2D eigenvalue weighted by Gasteiger charge is 2.33. The van der Waals surface area contributed by atoms with Gasteiger partial charge in [-0.05, 0) is 55.2 Å². The Morgan fingerprint density at radius 2 is 1.60 bits per heavy atom. The third-order valence-corrected chi connectivity index (χ3v) is 7.95. The fourth-order valence-corrected chi connectivity index (χ4v) is 5.31. The number of benzene rings is 3. The number of ether oxygens (including phenoxy) is 1. The Kier molecular flexibility index (Phi) is 10.7. The summed E-state index contributed by atoms with van der Waals surface area (Å²) < 4.78 is 32.3. The number of carbonyl (C=O) groups is 2. The maximum Gasteiger partial charge on any atom is 0.244 e. The van der Waals surface area contributed by atoms with Crippen LogP contribution >= 0.6 is 0 Å². The molecule has 3 aromatic carbocycles. The highest BCUT2D eigenvalue weighted by atomic mass is 32.2. The number of nitrogens with one attached hydrogen (secondary N) is 1. The number of hydrogen-bond donors (Lipinski definition) is 1. The average molecular weight is 566 g/mol. The normalized spacial score (nSPS) is 12.7. The summed E-state index contributed by atoms with van der Waals surface area (Å²) in [6.07, 6.45) is 2.07. The van der Waals surface area contributed by atoms with Crippen LogP contribution in [-0.4, -0.2) is 57.1 Å². The lowest BCUT2D eigenvalue weighted by atomic mass is 10.0. The summed E-state index contributed by atoms with van der Waals surface area (Å²) in [6.45, 7) is 5.32. The quantitative estimate of drug-likeness (QED) is 0.333. The van der Waals surface area contributed by atoms with E-state index in [0.29, 0.717) is 11.4 Å². The fraction of sp³-hybridized carbons (Fsp3) is 0.355. The first-order valence-electron chi connectivity index (χ1n) is 13.3. The first-order chi connectivity index (χ1) is 19.0. The summed E-state index contributed by atoms with van der Waals surface area (Å²) in [7, 11) is -2.25. The van der Waals surface area contributed by atoms with Crippen molar-refractivity contribution in [3.63, 3.8) is 0 Å². The number of aryl methyl sites for hydroxylation is 1. The summed E-state index contributed by atoms with van der Waals surface area (Å²) in [5, 5.41) is 3.03. The molecule has 0 aliphatic heterocycles. The Hall–Kier alpha value is -3.85. The second-order valence-electron chi connectivity index (χ2n) is 9.95. The minimum atomic E-state index is -3.82. The molecule has 0 unspecified atom stereocenters. The molecule has 0 bridgehead atoms. The molecule has 0 spiro atoms. The zero-order valence-corrected chi connectivity index (χ0v) is 24.6. The summed E-state index contributed by atoms with van der Waals surface area (Å²) >= 11 is 0. The Morgan fingerprint density at radius 3 is 2.23 bits per heavy atom. The van der Waals surface area contributed by atoms with Crippen molar-refractivity contribution in [2.24, 2.45) is 0 Å². The van der Waals surface area contributed by atoms with Crippen molar-refractivity contribution < 1.29 is 22.7 Å². The van der Waals surface area contributed by atoms with Crippen LogP contribution in [0.25, 0.3) is 0 Å².